The molecule has 0 unspecified atom stereocenters. The summed E-state index contributed by atoms with van der Waals surface area (Å²) in [5.41, 5.74) is -0.426. The van der Waals surface area contributed by atoms with Crippen LogP contribution in [0.3, 0.4) is 0 Å². The molecule has 0 amide bonds. The third kappa shape index (κ3) is 2.20. The van der Waals surface area contributed by atoms with Crippen LogP contribution in [-0.4, -0.2) is 5.78 Å². The zero-order chi connectivity index (χ0) is 12.4. The number of halogens is 3. The van der Waals surface area contributed by atoms with Gasteiger partial charge in [-0.2, -0.15) is 0 Å². The van der Waals surface area contributed by atoms with Crippen LogP contribution in [0.2, 0.25) is 0 Å². The fourth-order valence-corrected chi connectivity index (χ4v) is 1.46. The summed E-state index contributed by atoms with van der Waals surface area (Å²) in [6.45, 7) is 0. The number of carbonyl (C=O) groups is 1. The van der Waals surface area contributed by atoms with Gasteiger partial charge in [-0.25, -0.2) is 13.2 Å². The first-order valence-corrected chi connectivity index (χ1v) is 4.84. The molecule has 0 aliphatic rings. The van der Waals surface area contributed by atoms with Gasteiger partial charge < -0.3 is 0 Å². The monoisotopic (exact) mass is 236 g/mol. The molecule has 86 valence electrons. The Morgan fingerprint density at radius 2 is 1.65 bits per heavy atom. The van der Waals surface area contributed by atoms with Gasteiger partial charge in [-0.05, 0) is 24.3 Å². The van der Waals surface area contributed by atoms with Crippen molar-refractivity contribution in [2.45, 2.75) is 0 Å². The molecule has 0 saturated heterocycles. The summed E-state index contributed by atoms with van der Waals surface area (Å²) in [5.74, 6) is -3.68. The lowest BCUT2D eigenvalue weighted by Crippen LogP contribution is -2.06. The lowest BCUT2D eigenvalue weighted by Gasteiger charge is -2.03. The highest BCUT2D eigenvalue weighted by Gasteiger charge is 2.16. The van der Waals surface area contributed by atoms with Gasteiger partial charge in [0, 0.05) is 5.56 Å². The highest BCUT2D eigenvalue weighted by atomic mass is 19.2. The van der Waals surface area contributed by atoms with Crippen molar-refractivity contribution >= 4 is 5.78 Å². The molecule has 4 heteroatoms. The van der Waals surface area contributed by atoms with Gasteiger partial charge in [0.1, 0.15) is 5.82 Å². The summed E-state index contributed by atoms with van der Waals surface area (Å²) in [5, 5.41) is 0. The molecule has 17 heavy (non-hydrogen) atoms. The van der Waals surface area contributed by atoms with E-state index in [9.17, 15) is 18.0 Å². The highest BCUT2D eigenvalue weighted by Crippen LogP contribution is 2.16. The summed E-state index contributed by atoms with van der Waals surface area (Å²) in [4.78, 5) is 11.8. The third-order valence-electron chi connectivity index (χ3n) is 2.28. The standard InChI is InChI=1S/C13H7F3O/c14-9-4-1-3-8(7-9)13(17)10-5-2-6-11(15)12(10)16/h1-7H. The zero-order valence-electron chi connectivity index (χ0n) is 8.58. The van der Waals surface area contributed by atoms with Gasteiger partial charge in [0.2, 0.25) is 0 Å². The van der Waals surface area contributed by atoms with E-state index in [-0.39, 0.29) is 5.56 Å². The number of benzene rings is 2. The van der Waals surface area contributed by atoms with Crippen LogP contribution in [0.15, 0.2) is 42.5 Å². The normalized spacial score (nSPS) is 10.3. The maximum absolute atomic E-state index is 13.3. The Morgan fingerprint density at radius 3 is 2.35 bits per heavy atom. The molecule has 0 aromatic heterocycles. The van der Waals surface area contributed by atoms with E-state index in [1.165, 1.54) is 24.3 Å². The van der Waals surface area contributed by atoms with Gasteiger partial charge in [0.15, 0.2) is 17.4 Å². The largest absolute Gasteiger partial charge is 0.288 e. The molecule has 0 radical (unpaired) electrons. The average Bonchev–Trinajstić information content (AvgIpc) is 2.32. The molecule has 2 aromatic carbocycles. The Labute approximate surface area is 95.5 Å². The Kier molecular flexibility index (Phi) is 2.95. The van der Waals surface area contributed by atoms with E-state index in [2.05, 4.69) is 0 Å². The van der Waals surface area contributed by atoms with E-state index in [4.69, 9.17) is 0 Å². The molecular formula is C13H7F3O. The molecule has 0 aliphatic heterocycles. The molecule has 0 atom stereocenters. The van der Waals surface area contributed by atoms with E-state index in [0.717, 1.165) is 18.2 Å². The maximum Gasteiger partial charge on any atom is 0.196 e. The van der Waals surface area contributed by atoms with Gasteiger partial charge in [-0.1, -0.05) is 18.2 Å². The number of ketones is 1. The fourth-order valence-electron chi connectivity index (χ4n) is 1.46. The topological polar surface area (TPSA) is 17.1 Å². The predicted octanol–water partition coefficient (Wildman–Crippen LogP) is 3.33. The molecular weight excluding hydrogens is 229 g/mol. The molecule has 0 N–H and O–H groups in total. The molecule has 0 bridgehead atoms. The molecule has 0 saturated carbocycles. The zero-order valence-corrected chi connectivity index (χ0v) is 8.58. The highest BCUT2D eigenvalue weighted by molar-refractivity contribution is 6.09. The van der Waals surface area contributed by atoms with Crippen LogP contribution in [0.5, 0.6) is 0 Å². The second kappa shape index (κ2) is 4.41. The van der Waals surface area contributed by atoms with Crippen molar-refractivity contribution in [3.63, 3.8) is 0 Å². The van der Waals surface area contributed by atoms with Gasteiger partial charge in [0.25, 0.3) is 0 Å². The number of hydrogen-bond acceptors (Lipinski definition) is 1. The van der Waals surface area contributed by atoms with Gasteiger partial charge in [0.05, 0.1) is 5.56 Å². The average molecular weight is 236 g/mol. The summed E-state index contributed by atoms with van der Waals surface area (Å²) in [6, 6.07) is 8.12. The van der Waals surface area contributed by atoms with Crippen molar-refractivity contribution < 1.29 is 18.0 Å². The van der Waals surface area contributed by atoms with E-state index >= 15 is 0 Å². The Balaban J connectivity index is 2.48. The fraction of sp³-hybridized carbons (Fsp3) is 0. The SMILES string of the molecule is O=C(c1cccc(F)c1)c1cccc(F)c1F. The van der Waals surface area contributed by atoms with Gasteiger partial charge in [-0.3, -0.25) is 4.79 Å². The third-order valence-corrected chi connectivity index (χ3v) is 2.28. The van der Waals surface area contributed by atoms with Crippen molar-refractivity contribution in [3.05, 3.63) is 71.0 Å². The minimum atomic E-state index is -1.22. The number of carbonyl (C=O) groups excluding carboxylic acids is 1. The molecule has 0 fully saturated rings. The Bertz CT molecular complexity index is 579. The summed E-state index contributed by atoms with van der Waals surface area (Å²) >= 11 is 0. The molecule has 0 aliphatic carbocycles. The predicted molar refractivity (Wildman–Crippen MR) is 56.2 cm³/mol. The smallest absolute Gasteiger partial charge is 0.196 e. The second-order valence-corrected chi connectivity index (χ2v) is 3.44. The first kappa shape index (κ1) is 11.4. The Morgan fingerprint density at radius 1 is 0.941 bits per heavy atom. The minimum Gasteiger partial charge on any atom is -0.288 e. The minimum absolute atomic E-state index is 0.0190. The van der Waals surface area contributed by atoms with Crippen molar-refractivity contribution in [1.29, 1.82) is 0 Å². The molecule has 1 nitrogen and oxygen atoms in total. The van der Waals surface area contributed by atoms with Gasteiger partial charge >= 0.3 is 0 Å². The van der Waals surface area contributed by atoms with Crippen LogP contribution in [-0.2, 0) is 0 Å². The number of rotatable bonds is 2. The molecule has 0 heterocycles. The lowest BCUT2D eigenvalue weighted by atomic mass is 10.0. The van der Waals surface area contributed by atoms with Crippen LogP contribution >= 0.6 is 0 Å². The van der Waals surface area contributed by atoms with Gasteiger partial charge in [-0.15, -0.1) is 0 Å². The van der Waals surface area contributed by atoms with Crippen molar-refractivity contribution in [2.24, 2.45) is 0 Å². The maximum atomic E-state index is 13.3. The van der Waals surface area contributed by atoms with E-state index < -0.39 is 28.8 Å². The van der Waals surface area contributed by atoms with Crippen molar-refractivity contribution in [2.75, 3.05) is 0 Å². The van der Waals surface area contributed by atoms with E-state index in [1.54, 1.807) is 0 Å². The van der Waals surface area contributed by atoms with Crippen LogP contribution in [0.25, 0.3) is 0 Å². The first-order chi connectivity index (χ1) is 8.09. The second-order valence-electron chi connectivity index (χ2n) is 3.44. The summed E-state index contributed by atoms with van der Waals surface area (Å²) < 4.78 is 39.2. The molecule has 0 spiro atoms. The summed E-state index contributed by atoms with van der Waals surface area (Å²) in [6.07, 6.45) is 0. The number of hydrogen-bond donors (Lipinski definition) is 0. The lowest BCUT2D eigenvalue weighted by molar-refractivity contribution is 0.103. The van der Waals surface area contributed by atoms with E-state index in [1.807, 2.05) is 0 Å². The quantitative estimate of drug-likeness (QED) is 0.731. The Hall–Kier alpha value is -2.10. The first-order valence-electron chi connectivity index (χ1n) is 4.84. The van der Waals surface area contributed by atoms with Crippen LogP contribution in [0, 0.1) is 17.5 Å². The van der Waals surface area contributed by atoms with Crippen LogP contribution < -0.4 is 0 Å². The summed E-state index contributed by atoms with van der Waals surface area (Å²) in [7, 11) is 0. The van der Waals surface area contributed by atoms with Crippen molar-refractivity contribution in [1.82, 2.24) is 0 Å². The molecule has 2 rings (SSSR count). The van der Waals surface area contributed by atoms with Crippen molar-refractivity contribution in [3.8, 4) is 0 Å². The van der Waals surface area contributed by atoms with Crippen LogP contribution in [0.1, 0.15) is 15.9 Å². The molecule has 2 aromatic rings. The van der Waals surface area contributed by atoms with E-state index in [0.29, 0.717) is 0 Å². The van der Waals surface area contributed by atoms with Crippen LogP contribution in [0.4, 0.5) is 13.2 Å².